The first kappa shape index (κ1) is 21.9. The Morgan fingerprint density at radius 2 is 1.96 bits per heavy atom. The lowest BCUT2D eigenvalue weighted by Crippen LogP contribution is -2.38. The van der Waals surface area contributed by atoms with E-state index >= 15 is 0 Å². The number of hydrogen-bond donors (Lipinski definition) is 2. The van der Waals surface area contributed by atoms with Gasteiger partial charge in [0.1, 0.15) is 10.9 Å². The molecule has 0 bridgehead atoms. The molecule has 25 heavy (non-hydrogen) atoms. The summed E-state index contributed by atoms with van der Waals surface area (Å²) in [5.74, 6) is 1.62. The highest BCUT2D eigenvalue weighted by Crippen LogP contribution is 2.24. The third-order valence-corrected chi connectivity index (χ3v) is 4.60. The molecule has 1 heterocycles. The van der Waals surface area contributed by atoms with Gasteiger partial charge in [-0.1, -0.05) is 41.4 Å². The van der Waals surface area contributed by atoms with Crippen LogP contribution in [0, 0.1) is 0 Å². The van der Waals surface area contributed by atoms with Gasteiger partial charge in [-0.15, -0.1) is 24.0 Å². The van der Waals surface area contributed by atoms with E-state index in [1.165, 1.54) is 0 Å². The molecule has 0 aliphatic carbocycles. The van der Waals surface area contributed by atoms with Crippen LogP contribution in [0.1, 0.15) is 11.3 Å². The third-order valence-electron chi connectivity index (χ3n) is 3.76. The molecule has 0 aliphatic rings. The van der Waals surface area contributed by atoms with Crippen LogP contribution in [0.2, 0.25) is 10.2 Å². The van der Waals surface area contributed by atoms with Crippen molar-refractivity contribution in [3.63, 3.8) is 0 Å². The van der Waals surface area contributed by atoms with Crippen molar-refractivity contribution in [3.05, 3.63) is 51.8 Å². The van der Waals surface area contributed by atoms with Crippen molar-refractivity contribution in [2.24, 2.45) is 12.0 Å². The minimum absolute atomic E-state index is 0. The molecule has 0 saturated carbocycles. The van der Waals surface area contributed by atoms with Gasteiger partial charge >= 0.3 is 0 Å². The Balaban J connectivity index is 0.00000312. The summed E-state index contributed by atoms with van der Waals surface area (Å²) in [6.07, 6.45) is 0.840. The molecule has 1 aromatic carbocycles. The first-order valence-electron chi connectivity index (χ1n) is 7.62. The van der Waals surface area contributed by atoms with Crippen molar-refractivity contribution in [1.29, 1.82) is 0 Å². The Hall–Kier alpha value is -1.12. The molecule has 0 aliphatic heterocycles. The maximum absolute atomic E-state index is 6.07. The fraction of sp³-hybridized carbons (Fsp3) is 0.353. The summed E-state index contributed by atoms with van der Waals surface area (Å²) in [6.45, 7) is 1.33. The number of ether oxygens (including phenoxy) is 1. The molecule has 1 aromatic heterocycles. The summed E-state index contributed by atoms with van der Waals surface area (Å²) in [6, 6.07) is 9.84. The van der Waals surface area contributed by atoms with Crippen LogP contribution in [0.5, 0.6) is 5.75 Å². The Morgan fingerprint density at radius 3 is 2.56 bits per heavy atom. The van der Waals surface area contributed by atoms with Crippen LogP contribution < -0.4 is 15.4 Å². The fourth-order valence-electron chi connectivity index (χ4n) is 2.38. The lowest BCUT2D eigenvalue weighted by atomic mass is 10.1. The number of halogens is 3. The second kappa shape index (κ2) is 10.8. The zero-order valence-electron chi connectivity index (χ0n) is 14.5. The minimum Gasteiger partial charge on any atom is -0.496 e. The van der Waals surface area contributed by atoms with Gasteiger partial charge in [-0.25, -0.2) is 0 Å². The zero-order chi connectivity index (χ0) is 17.5. The smallest absolute Gasteiger partial charge is 0.191 e. The molecule has 0 spiro atoms. The van der Waals surface area contributed by atoms with Gasteiger partial charge in [0.05, 0.1) is 18.7 Å². The van der Waals surface area contributed by atoms with Gasteiger partial charge in [-0.05, 0) is 24.1 Å². The highest BCUT2D eigenvalue weighted by molar-refractivity contribution is 14.0. The number of para-hydroxylation sites is 1. The number of guanidine groups is 1. The zero-order valence-corrected chi connectivity index (χ0v) is 18.3. The molecule has 2 rings (SSSR count). The molecule has 0 radical (unpaired) electrons. The van der Waals surface area contributed by atoms with Crippen molar-refractivity contribution in [3.8, 4) is 5.75 Å². The summed E-state index contributed by atoms with van der Waals surface area (Å²) in [7, 11) is 5.30. The predicted molar refractivity (Wildman–Crippen MR) is 116 cm³/mol. The van der Waals surface area contributed by atoms with E-state index in [-0.39, 0.29) is 24.0 Å². The molecule has 0 amide bonds. The normalized spacial score (nSPS) is 11.0. The van der Waals surface area contributed by atoms with Gasteiger partial charge < -0.3 is 19.9 Å². The van der Waals surface area contributed by atoms with E-state index in [9.17, 15) is 0 Å². The maximum atomic E-state index is 6.07. The maximum Gasteiger partial charge on any atom is 0.191 e. The summed E-state index contributed by atoms with van der Waals surface area (Å²) in [5.41, 5.74) is 2.14. The second-order valence-electron chi connectivity index (χ2n) is 5.25. The molecule has 8 heteroatoms. The number of nitrogens with one attached hydrogen (secondary N) is 2. The molecule has 2 N–H and O–H groups in total. The third kappa shape index (κ3) is 5.97. The Bertz CT molecular complexity index is 719. The van der Waals surface area contributed by atoms with Gasteiger partial charge in [-0.2, -0.15) is 0 Å². The lowest BCUT2D eigenvalue weighted by molar-refractivity contribution is 0.409. The molecule has 0 fully saturated rings. The molecular formula is C17H23Cl2IN4O. The van der Waals surface area contributed by atoms with Gasteiger partial charge in [-0.3, -0.25) is 4.99 Å². The molecular weight excluding hydrogens is 474 g/mol. The largest absolute Gasteiger partial charge is 0.496 e. The standard InChI is InChI=1S/C17H22Cl2N4O.HI/c1-20-17(22-11-13-10-14(18)16(19)23(13)2)21-9-8-12-6-4-5-7-15(12)24-3;/h4-7,10H,8-9,11H2,1-3H3,(H2,20,21,22);1H. The van der Waals surface area contributed by atoms with E-state index in [2.05, 4.69) is 21.7 Å². The van der Waals surface area contributed by atoms with Crippen molar-refractivity contribution in [2.45, 2.75) is 13.0 Å². The van der Waals surface area contributed by atoms with Crippen LogP contribution in [-0.2, 0) is 20.0 Å². The van der Waals surface area contributed by atoms with E-state index in [1.807, 2.05) is 35.9 Å². The Morgan fingerprint density at radius 1 is 1.24 bits per heavy atom. The van der Waals surface area contributed by atoms with Crippen LogP contribution >= 0.6 is 47.2 Å². The van der Waals surface area contributed by atoms with E-state index in [4.69, 9.17) is 27.9 Å². The van der Waals surface area contributed by atoms with Gasteiger partial charge in [0.15, 0.2) is 5.96 Å². The predicted octanol–water partition coefficient (Wildman–Crippen LogP) is 3.87. The summed E-state index contributed by atoms with van der Waals surface area (Å²) < 4.78 is 7.21. The van der Waals surface area contributed by atoms with Crippen LogP contribution in [0.3, 0.4) is 0 Å². The highest BCUT2D eigenvalue weighted by atomic mass is 127. The number of aromatic nitrogens is 1. The van der Waals surface area contributed by atoms with Crippen LogP contribution in [-0.4, -0.2) is 31.2 Å². The topological polar surface area (TPSA) is 50.6 Å². The van der Waals surface area contributed by atoms with Crippen molar-refractivity contribution >= 4 is 53.1 Å². The van der Waals surface area contributed by atoms with E-state index in [1.54, 1.807) is 14.2 Å². The molecule has 138 valence electrons. The van der Waals surface area contributed by atoms with Crippen LogP contribution in [0.15, 0.2) is 35.3 Å². The number of nitrogens with zero attached hydrogens (tertiary/aromatic N) is 2. The monoisotopic (exact) mass is 496 g/mol. The molecule has 0 atom stereocenters. The fourth-order valence-corrected chi connectivity index (χ4v) is 2.79. The average molecular weight is 497 g/mol. The lowest BCUT2D eigenvalue weighted by Gasteiger charge is -2.13. The number of aliphatic imine (C=N–C) groups is 1. The number of rotatable bonds is 6. The number of benzene rings is 1. The van der Waals surface area contributed by atoms with Gasteiger partial charge in [0, 0.05) is 26.3 Å². The first-order chi connectivity index (χ1) is 11.6. The molecule has 2 aromatic rings. The Labute approximate surface area is 175 Å². The summed E-state index contributed by atoms with van der Waals surface area (Å²) in [5, 5.41) is 7.63. The van der Waals surface area contributed by atoms with Crippen LogP contribution in [0.4, 0.5) is 0 Å². The summed E-state index contributed by atoms with van der Waals surface area (Å²) in [4.78, 5) is 4.22. The van der Waals surface area contributed by atoms with Crippen molar-refractivity contribution in [2.75, 3.05) is 20.7 Å². The number of hydrogen-bond acceptors (Lipinski definition) is 2. The molecule has 0 saturated heterocycles. The minimum atomic E-state index is 0. The summed E-state index contributed by atoms with van der Waals surface area (Å²) >= 11 is 12.1. The molecule has 0 unspecified atom stereocenters. The SMILES string of the molecule is CN=C(NCCc1ccccc1OC)NCc1cc(Cl)c(Cl)n1C.I. The molecule has 5 nitrogen and oxygen atoms in total. The van der Waals surface area contributed by atoms with Crippen molar-refractivity contribution in [1.82, 2.24) is 15.2 Å². The van der Waals surface area contributed by atoms with Crippen LogP contribution in [0.25, 0.3) is 0 Å². The van der Waals surface area contributed by atoms with E-state index in [0.717, 1.165) is 35.9 Å². The Kier molecular flexibility index (Phi) is 9.45. The average Bonchev–Trinajstić information content (AvgIpc) is 2.85. The van der Waals surface area contributed by atoms with Gasteiger partial charge in [0.2, 0.25) is 0 Å². The van der Waals surface area contributed by atoms with Crippen molar-refractivity contribution < 1.29 is 4.74 Å². The first-order valence-corrected chi connectivity index (χ1v) is 8.38. The van der Waals surface area contributed by atoms with Gasteiger partial charge in [0.25, 0.3) is 0 Å². The van der Waals surface area contributed by atoms with E-state index in [0.29, 0.717) is 16.7 Å². The second-order valence-corrected chi connectivity index (χ2v) is 6.01. The quantitative estimate of drug-likeness (QED) is 0.362. The van der Waals surface area contributed by atoms with E-state index < -0.39 is 0 Å². The number of methoxy groups -OCH3 is 1. The highest BCUT2D eigenvalue weighted by Gasteiger charge is 2.09.